The van der Waals surface area contributed by atoms with Crippen LogP contribution in [0.25, 0.3) is 6.08 Å². The predicted octanol–water partition coefficient (Wildman–Crippen LogP) is 2.94. The molecule has 0 radical (unpaired) electrons. The number of halogens is 1. The Kier molecular flexibility index (Phi) is 6.59. The first-order chi connectivity index (χ1) is 12.2. The predicted molar refractivity (Wildman–Crippen MR) is 96.7 cm³/mol. The second-order valence-electron chi connectivity index (χ2n) is 6.78. The highest BCUT2D eigenvalue weighted by molar-refractivity contribution is 5.78. The Labute approximate surface area is 149 Å². The zero-order valence-corrected chi connectivity index (χ0v) is 14.7. The van der Waals surface area contributed by atoms with Crippen LogP contribution in [0.1, 0.15) is 31.2 Å². The third kappa shape index (κ3) is 5.38. The van der Waals surface area contributed by atoms with Gasteiger partial charge in [0.05, 0.1) is 13.2 Å². The molecule has 3 rings (SSSR count). The highest BCUT2D eigenvalue weighted by Gasteiger charge is 2.25. The van der Waals surface area contributed by atoms with Gasteiger partial charge in [-0.25, -0.2) is 4.39 Å². The number of hydrogen-bond acceptors (Lipinski definition) is 3. The van der Waals surface area contributed by atoms with Crippen molar-refractivity contribution in [2.45, 2.75) is 31.7 Å². The molecule has 0 spiro atoms. The van der Waals surface area contributed by atoms with Crippen molar-refractivity contribution >= 4 is 12.0 Å². The molecule has 136 valence electrons. The molecular formula is C20H27FN2O2. The molecule has 0 aliphatic carbocycles. The van der Waals surface area contributed by atoms with Crippen LogP contribution in [-0.4, -0.2) is 61.1 Å². The van der Waals surface area contributed by atoms with Crippen LogP contribution in [0.3, 0.4) is 0 Å². The monoisotopic (exact) mass is 346 g/mol. The Bertz CT molecular complexity index is 599. The molecule has 4 nitrogen and oxygen atoms in total. The molecule has 0 bridgehead atoms. The summed E-state index contributed by atoms with van der Waals surface area (Å²) in [5, 5.41) is 0. The lowest BCUT2D eigenvalue weighted by Gasteiger charge is -2.34. The van der Waals surface area contributed by atoms with E-state index in [2.05, 4.69) is 4.90 Å². The number of likely N-dealkylation sites (tertiary alicyclic amines) is 1. The molecule has 25 heavy (non-hydrogen) atoms. The molecule has 2 saturated heterocycles. The summed E-state index contributed by atoms with van der Waals surface area (Å²) in [5.74, 6) is -0.0922. The summed E-state index contributed by atoms with van der Waals surface area (Å²) in [6.07, 6.45) is 7.28. The maximum atomic E-state index is 13.2. The maximum absolute atomic E-state index is 13.2. The van der Waals surface area contributed by atoms with Crippen LogP contribution in [0.5, 0.6) is 0 Å². The van der Waals surface area contributed by atoms with Crippen LogP contribution in [0.2, 0.25) is 0 Å². The number of carbonyl (C=O) groups excluding carboxylic acids is 1. The van der Waals surface area contributed by atoms with Crippen LogP contribution < -0.4 is 0 Å². The number of hydrogen-bond donors (Lipinski definition) is 0. The molecule has 2 aliphatic heterocycles. The van der Waals surface area contributed by atoms with E-state index < -0.39 is 0 Å². The summed E-state index contributed by atoms with van der Waals surface area (Å²) in [6, 6.07) is 6.98. The van der Waals surface area contributed by atoms with Gasteiger partial charge in [-0.3, -0.25) is 9.69 Å². The van der Waals surface area contributed by atoms with E-state index in [1.807, 2.05) is 23.1 Å². The Balaban J connectivity index is 1.47. The molecule has 1 aromatic rings. The van der Waals surface area contributed by atoms with Crippen LogP contribution >= 0.6 is 0 Å². The smallest absolute Gasteiger partial charge is 0.226 e. The molecule has 1 aromatic carbocycles. The quantitative estimate of drug-likeness (QED) is 0.840. The first-order valence-electron chi connectivity index (χ1n) is 9.24. The van der Waals surface area contributed by atoms with Crippen LogP contribution in [0.4, 0.5) is 4.39 Å². The third-order valence-electron chi connectivity index (χ3n) is 5.06. The lowest BCUT2D eigenvalue weighted by molar-refractivity contribution is -0.130. The molecule has 0 aromatic heterocycles. The van der Waals surface area contributed by atoms with Crippen molar-refractivity contribution in [2.75, 3.05) is 39.4 Å². The first kappa shape index (κ1) is 18.1. The molecular weight excluding hydrogens is 319 g/mol. The third-order valence-corrected chi connectivity index (χ3v) is 5.06. The Morgan fingerprint density at radius 2 is 2.04 bits per heavy atom. The van der Waals surface area contributed by atoms with E-state index >= 15 is 0 Å². The summed E-state index contributed by atoms with van der Waals surface area (Å²) in [7, 11) is 0. The molecule has 0 N–H and O–H groups in total. The zero-order chi connectivity index (χ0) is 17.5. The van der Waals surface area contributed by atoms with Crippen LogP contribution in [0.15, 0.2) is 30.3 Å². The second kappa shape index (κ2) is 9.11. The van der Waals surface area contributed by atoms with Crippen molar-refractivity contribution < 1.29 is 13.9 Å². The minimum Gasteiger partial charge on any atom is -0.379 e. The summed E-state index contributed by atoms with van der Waals surface area (Å²) in [4.78, 5) is 17.0. The molecule has 5 heteroatoms. The van der Waals surface area contributed by atoms with E-state index in [1.165, 1.54) is 12.1 Å². The molecule has 1 atom stereocenters. The molecule has 1 amide bonds. The number of rotatable bonds is 4. The normalized spacial score (nSPS) is 22.9. The van der Waals surface area contributed by atoms with Crippen molar-refractivity contribution in [3.63, 3.8) is 0 Å². The van der Waals surface area contributed by atoms with E-state index in [1.54, 1.807) is 6.07 Å². The number of benzene rings is 1. The van der Waals surface area contributed by atoms with Crippen molar-refractivity contribution in [1.82, 2.24) is 9.80 Å². The zero-order valence-electron chi connectivity index (χ0n) is 14.7. The number of nitrogens with zero attached hydrogens (tertiary/aromatic N) is 2. The average Bonchev–Trinajstić information content (AvgIpc) is 2.89. The molecule has 2 heterocycles. The topological polar surface area (TPSA) is 32.8 Å². The molecule has 0 saturated carbocycles. The fourth-order valence-electron chi connectivity index (χ4n) is 3.67. The van der Waals surface area contributed by atoms with Crippen LogP contribution in [0, 0.1) is 5.82 Å². The largest absolute Gasteiger partial charge is 0.379 e. The van der Waals surface area contributed by atoms with Gasteiger partial charge in [-0.1, -0.05) is 24.3 Å². The second-order valence-corrected chi connectivity index (χ2v) is 6.78. The van der Waals surface area contributed by atoms with Gasteiger partial charge < -0.3 is 9.64 Å². The van der Waals surface area contributed by atoms with Gasteiger partial charge in [0.25, 0.3) is 0 Å². The van der Waals surface area contributed by atoms with E-state index in [9.17, 15) is 9.18 Å². The number of carbonyl (C=O) groups is 1. The van der Waals surface area contributed by atoms with E-state index in [4.69, 9.17) is 4.74 Å². The SMILES string of the molecule is O=C(C/C=C/c1cccc(F)c1)N1CCCC(N2CCOCC2)CC1. The lowest BCUT2D eigenvalue weighted by atomic mass is 10.1. The summed E-state index contributed by atoms with van der Waals surface area (Å²) >= 11 is 0. The van der Waals surface area contributed by atoms with Gasteiger partial charge in [0.15, 0.2) is 0 Å². The van der Waals surface area contributed by atoms with Crippen molar-refractivity contribution in [3.8, 4) is 0 Å². The van der Waals surface area contributed by atoms with Crippen molar-refractivity contribution in [3.05, 3.63) is 41.7 Å². The summed E-state index contributed by atoms with van der Waals surface area (Å²) < 4.78 is 18.6. The van der Waals surface area contributed by atoms with E-state index in [-0.39, 0.29) is 11.7 Å². The Morgan fingerprint density at radius 3 is 2.84 bits per heavy atom. The first-order valence-corrected chi connectivity index (χ1v) is 9.24. The van der Waals surface area contributed by atoms with Gasteiger partial charge in [-0.2, -0.15) is 0 Å². The standard InChI is InChI=1S/C20H27FN2O2/c21-18-6-1-4-17(16-18)5-2-8-20(24)23-10-3-7-19(9-11-23)22-12-14-25-15-13-22/h1-2,4-6,16,19H,3,7-15H2/b5-2+. The fraction of sp³-hybridized carbons (Fsp3) is 0.550. The van der Waals surface area contributed by atoms with Gasteiger partial charge in [0, 0.05) is 38.6 Å². The maximum Gasteiger partial charge on any atom is 0.226 e. The number of morpholine rings is 1. The molecule has 1 unspecified atom stereocenters. The van der Waals surface area contributed by atoms with Gasteiger partial charge in [-0.05, 0) is 37.0 Å². The summed E-state index contributed by atoms with van der Waals surface area (Å²) in [5.41, 5.74) is 0.788. The summed E-state index contributed by atoms with van der Waals surface area (Å²) in [6.45, 7) is 5.33. The van der Waals surface area contributed by atoms with E-state index in [0.717, 1.165) is 64.2 Å². The van der Waals surface area contributed by atoms with Gasteiger partial charge in [-0.15, -0.1) is 0 Å². The van der Waals surface area contributed by atoms with E-state index in [0.29, 0.717) is 12.5 Å². The minimum atomic E-state index is -0.254. The van der Waals surface area contributed by atoms with Crippen LogP contribution in [-0.2, 0) is 9.53 Å². The Hall–Kier alpha value is -1.72. The Morgan fingerprint density at radius 1 is 1.20 bits per heavy atom. The number of amides is 1. The highest BCUT2D eigenvalue weighted by atomic mass is 19.1. The molecule has 2 fully saturated rings. The van der Waals surface area contributed by atoms with Gasteiger partial charge in [0.1, 0.15) is 5.82 Å². The van der Waals surface area contributed by atoms with Crippen molar-refractivity contribution in [1.29, 1.82) is 0 Å². The highest BCUT2D eigenvalue weighted by Crippen LogP contribution is 2.19. The van der Waals surface area contributed by atoms with Gasteiger partial charge in [0.2, 0.25) is 5.91 Å². The average molecular weight is 346 g/mol. The number of ether oxygens (including phenoxy) is 1. The minimum absolute atomic E-state index is 0.162. The fourth-order valence-corrected chi connectivity index (χ4v) is 3.67. The lowest BCUT2D eigenvalue weighted by Crippen LogP contribution is -2.44. The van der Waals surface area contributed by atoms with Gasteiger partial charge >= 0.3 is 0 Å². The van der Waals surface area contributed by atoms with Crippen molar-refractivity contribution in [2.24, 2.45) is 0 Å². The molecule has 2 aliphatic rings.